The van der Waals surface area contributed by atoms with Gasteiger partial charge in [-0.2, -0.15) is 13.2 Å². The maximum atomic E-state index is 12.0. The third-order valence-corrected chi connectivity index (χ3v) is 3.17. The summed E-state index contributed by atoms with van der Waals surface area (Å²) >= 11 is 0. The number of rotatable bonds is 3. The van der Waals surface area contributed by atoms with Crippen LogP contribution in [0.25, 0.3) is 0 Å². The molecule has 2 unspecified atom stereocenters. The molecule has 4 nitrogen and oxygen atoms in total. The van der Waals surface area contributed by atoms with Crippen molar-refractivity contribution in [3.63, 3.8) is 0 Å². The maximum absolute atomic E-state index is 12.0. The Morgan fingerprint density at radius 2 is 1.94 bits per heavy atom. The van der Waals surface area contributed by atoms with Gasteiger partial charge in [0.2, 0.25) is 5.91 Å². The smallest absolute Gasteiger partial charge is 0.389 e. The zero-order valence-corrected chi connectivity index (χ0v) is 10.0. The molecule has 2 atom stereocenters. The number of hydrogen-bond donors (Lipinski definition) is 1. The molecular formula is C11H16F3NO3. The number of amides is 1. The quantitative estimate of drug-likeness (QED) is 0.851. The fourth-order valence-electron chi connectivity index (χ4n) is 2.05. The zero-order chi connectivity index (χ0) is 13.9. The highest BCUT2D eigenvalue weighted by Gasteiger charge is 2.34. The molecule has 0 saturated carbocycles. The highest BCUT2D eigenvalue weighted by Crippen LogP contribution is 2.26. The molecule has 1 aliphatic heterocycles. The first-order valence-corrected chi connectivity index (χ1v) is 5.79. The average molecular weight is 267 g/mol. The molecule has 1 amide bonds. The van der Waals surface area contributed by atoms with E-state index in [4.69, 9.17) is 5.11 Å². The molecule has 0 aromatic rings. The summed E-state index contributed by atoms with van der Waals surface area (Å²) < 4.78 is 36.1. The first kappa shape index (κ1) is 14.8. The Bertz CT molecular complexity index is 330. The van der Waals surface area contributed by atoms with E-state index in [2.05, 4.69) is 0 Å². The predicted molar refractivity (Wildman–Crippen MR) is 56.8 cm³/mol. The van der Waals surface area contributed by atoms with Gasteiger partial charge in [-0.05, 0) is 19.8 Å². The lowest BCUT2D eigenvalue weighted by molar-refractivity contribution is -0.154. The maximum Gasteiger partial charge on any atom is 0.389 e. The van der Waals surface area contributed by atoms with Crippen molar-refractivity contribution in [2.45, 2.75) is 44.8 Å². The van der Waals surface area contributed by atoms with E-state index in [1.54, 1.807) is 6.92 Å². The number of halogens is 3. The molecule has 1 N–H and O–H groups in total. The van der Waals surface area contributed by atoms with Crippen molar-refractivity contribution in [2.24, 2.45) is 5.92 Å². The number of carboxylic acids is 1. The molecule has 7 heteroatoms. The molecule has 1 aliphatic rings. The van der Waals surface area contributed by atoms with Gasteiger partial charge >= 0.3 is 12.1 Å². The number of carbonyl (C=O) groups excluding carboxylic acids is 1. The minimum Gasteiger partial charge on any atom is -0.481 e. The van der Waals surface area contributed by atoms with Crippen LogP contribution in [0.3, 0.4) is 0 Å². The van der Waals surface area contributed by atoms with E-state index in [-0.39, 0.29) is 12.6 Å². The van der Waals surface area contributed by atoms with Gasteiger partial charge in [0.25, 0.3) is 0 Å². The summed E-state index contributed by atoms with van der Waals surface area (Å²) in [7, 11) is 0. The Kier molecular flexibility index (Phi) is 4.59. The Labute approximate surface area is 103 Å². The van der Waals surface area contributed by atoms with Crippen molar-refractivity contribution in [3.05, 3.63) is 0 Å². The van der Waals surface area contributed by atoms with E-state index < -0.39 is 36.8 Å². The van der Waals surface area contributed by atoms with Crippen molar-refractivity contribution < 1.29 is 27.9 Å². The normalized spacial score (nSPS) is 25.0. The second-order valence-corrected chi connectivity index (χ2v) is 4.62. The Balaban J connectivity index is 2.57. The first-order valence-electron chi connectivity index (χ1n) is 5.79. The van der Waals surface area contributed by atoms with Gasteiger partial charge in [-0.15, -0.1) is 0 Å². The number of nitrogens with zero attached hydrogens (tertiary/aromatic N) is 1. The molecule has 1 rings (SSSR count). The van der Waals surface area contributed by atoms with E-state index in [1.807, 2.05) is 0 Å². The van der Waals surface area contributed by atoms with E-state index in [9.17, 15) is 22.8 Å². The molecule has 0 aromatic heterocycles. The lowest BCUT2D eigenvalue weighted by Gasteiger charge is -2.36. The lowest BCUT2D eigenvalue weighted by Crippen LogP contribution is -2.47. The van der Waals surface area contributed by atoms with Gasteiger partial charge in [-0.3, -0.25) is 9.59 Å². The summed E-state index contributed by atoms with van der Waals surface area (Å²) in [4.78, 5) is 23.7. The molecule has 0 aliphatic carbocycles. The van der Waals surface area contributed by atoms with Gasteiger partial charge in [-0.1, -0.05) is 0 Å². The highest BCUT2D eigenvalue weighted by molar-refractivity contribution is 5.78. The van der Waals surface area contributed by atoms with Crippen molar-refractivity contribution in [1.82, 2.24) is 4.90 Å². The van der Waals surface area contributed by atoms with E-state index in [0.29, 0.717) is 12.8 Å². The number of carbonyl (C=O) groups is 2. The average Bonchev–Trinajstić information content (AvgIpc) is 2.25. The predicted octanol–water partition coefficient (Wildman–Crippen LogP) is 2.04. The van der Waals surface area contributed by atoms with E-state index >= 15 is 0 Å². The number of hydrogen-bond acceptors (Lipinski definition) is 2. The van der Waals surface area contributed by atoms with Crippen LogP contribution in [0.1, 0.15) is 32.6 Å². The number of alkyl halides is 3. The summed E-state index contributed by atoms with van der Waals surface area (Å²) in [5.74, 6) is -2.29. The first-order chi connectivity index (χ1) is 8.20. The van der Waals surface area contributed by atoms with Crippen LogP contribution in [0.5, 0.6) is 0 Å². The van der Waals surface area contributed by atoms with Crippen molar-refractivity contribution in [1.29, 1.82) is 0 Å². The van der Waals surface area contributed by atoms with Gasteiger partial charge in [0.05, 0.1) is 12.3 Å². The molecule has 1 fully saturated rings. The second kappa shape index (κ2) is 5.58. The van der Waals surface area contributed by atoms with Crippen molar-refractivity contribution in [2.75, 3.05) is 6.54 Å². The fourth-order valence-corrected chi connectivity index (χ4v) is 2.05. The molecule has 0 radical (unpaired) electrons. The van der Waals surface area contributed by atoms with Crippen molar-refractivity contribution >= 4 is 11.9 Å². The van der Waals surface area contributed by atoms with Gasteiger partial charge in [0.1, 0.15) is 0 Å². The fraction of sp³-hybridized carbons (Fsp3) is 0.818. The molecule has 1 saturated heterocycles. The van der Waals surface area contributed by atoms with Crippen LogP contribution in [0, 0.1) is 5.92 Å². The minimum atomic E-state index is -4.36. The molecular weight excluding hydrogens is 251 g/mol. The summed E-state index contributed by atoms with van der Waals surface area (Å²) in [6.07, 6.45) is -5.16. The largest absolute Gasteiger partial charge is 0.481 e. The summed E-state index contributed by atoms with van der Waals surface area (Å²) in [6, 6.07) is -0.193. The molecule has 18 heavy (non-hydrogen) atoms. The van der Waals surface area contributed by atoms with Crippen LogP contribution >= 0.6 is 0 Å². The third-order valence-electron chi connectivity index (χ3n) is 3.17. The van der Waals surface area contributed by atoms with Gasteiger partial charge in [0.15, 0.2) is 0 Å². The van der Waals surface area contributed by atoms with Crippen molar-refractivity contribution in [3.8, 4) is 0 Å². The summed E-state index contributed by atoms with van der Waals surface area (Å²) in [5, 5.41) is 8.87. The van der Waals surface area contributed by atoms with E-state index in [1.165, 1.54) is 4.90 Å². The van der Waals surface area contributed by atoms with Crippen LogP contribution in [-0.2, 0) is 9.59 Å². The van der Waals surface area contributed by atoms with E-state index in [0.717, 1.165) is 0 Å². The van der Waals surface area contributed by atoms with Crippen LogP contribution in [0.15, 0.2) is 0 Å². The summed E-state index contributed by atoms with van der Waals surface area (Å²) in [5.41, 5.74) is 0. The number of aliphatic carboxylic acids is 1. The van der Waals surface area contributed by atoms with Crippen LogP contribution in [0.2, 0.25) is 0 Å². The van der Waals surface area contributed by atoms with Gasteiger partial charge < -0.3 is 10.0 Å². The third kappa shape index (κ3) is 4.19. The molecule has 0 spiro atoms. The Hall–Kier alpha value is -1.27. The highest BCUT2D eigenvalue weighted by atomic mass is 19.4. The Morgan fingerprint density at radius 1 is 1.33 bits per heavy atom. The number of piperidine rings is 1. The van der Waals surface area contributed by atoms with Crippen LogP contribution in [0.4, 0.5) is 13.2 Å². The Morgan fingerprint density at radius 3 is 2.44 bits per heavy atom. The van der Waals surface area contributed by atoms with Gasteiger partial charge in [0, 0.05) is 19.0 Å². The minimum absolute atomic E-state index is 0.00713. The standard InChI is InChI=1S/C11H16F3NO3/c1-7-2-3-8(10(17)18)6-15(7)9(16)4-5-11(12,13)14/h7-8H,2-6H2,1H3,(H,17,18). The van der Waals surface area contributed by atoms with Crippen LogP contribution < -0.4 is 0 Å². The molecule has 104 valence electrons. The topological polar surface area (TPSA) is 57.6 Å². The summed E-state index contributed by atoms with van der Waals surface area (Å²) in [6.45, 7) is 1.73. The SMILES string of the molecule is CC1CCC(C(=O)O)CN1C(=O)CCC(F)(F)F. The second-order valence-electron chi connectivity index (χ2n) is 4.62. The molecule has 0 aromatic carbocycles. The zero-order valence-electron chi connectivity index (χ0n) is 10.0. The van der Waals surface area contributed by atoms with Gasteiger partial charge in [-0.25, -0.2) is 0 Å². The monoisotopic (exact) mass is 267 g/mol. The number of carboxylic acid groups (broad SMARTS) is 1. The number of likely N-dealkylation sites (tertiary alicyclic amines) is 1. The molecule has 1 heterocycles. The lowest BCUT2D eigenvalue weighted by atomic mass is 9.93. The molecule has 0 bridgehead atoms. The van der Waals surface area contributed by atoms with Crippen LogP contribution in [-0.4, -0.2) is 40.6 Å².